The van der Waals surface area contributed by atoms with Crippen molar-refractivity contribution in [3.8, 4) is 11.5 Å². The van der Waals surface area contributed by atoms with Crippen LogP contribution in [-0.2, 0) is 4.74 Å². The predicted octanol–water partition coefficient (Wildman–Crippen LogP) is 3.13. The monoisotopic (exact) mass is 274 g/mol. The molecule has 5 nitrogen and oxygen atoms in total. The Balaban J connectivity index is 2.01. The second-order valence-electron chi connectivity index (χ2n) is 3.79. The van der Waals surface area contributed by atoms with Crippen LogP contribution in [-0.4, -0.2) is 22.7 Å². The van der Waals surface area contributed by atoms with E-state index >= 15 is 0 Å². The highest BCUT2D eigenvalue weighted by molar-refractivity contribution is 7.17. The van der Waals surface area contributed by atoms with Gasteiger partial charge in [-0.1, -0.05) is 18.2 Å². The van der Waals surface area contributed by atoms with Crippen LogP contribution >= 0.6 is 11.3 Å². The van der Waals surface area contributed by atoms with Gasteiger partial charge < -0.3 is 9.26 Å². The van der Waals surface area contributed by atoms with E-state index in [1.165, 1.54) is 0 Å². The van der Waals surface area contributed by atoms with Gasteiger partial charge in [-0.15, -0.1) is 11.3 Å². The van der Waals surface area contributed by atoms with Gasteiger partial charge in [-0.2, -0.15) is 4.98 Å². The molecule has 0 bridgehead atoms. The predicted molar refractivity (Wildman–Crippen MR) is 71.1 cm³/mol. The Bertz CT molecular complexity index is 732. The number of ether oxygens (including phenoxy) is 1. The first kappa shape index (κ1) is 11.9. The van der Waals surface area contributed by atoms with Gasteiger partial charge in [0.1, 0.15) is 0 Å². The molecule has 0 spiro atoms. The fourth-order valence-corrected chi connectivity index (χ4v) is 2.69. The molecule has 2 heterocycles. The molecule has 0 amide bonds. The van der Waals surface area contributed by atoms with Crippen molar-refractivity contribution in [2.24, 2.45) is 0 Å². The van der Waals surface area contributed by atoms with E-state index in [0.717, 1.165) is 15.6 Å². The highest BCUT2D eigenvalue weighted by Crippen LogP contribution is 2.32. The minimum atomic E-state index is -0.572. The van der Waals surface area contributed by atoms with E-state index in [1.54, 1.807) is 18.3 Å². The molecule has 6 heteroatoms. The first-order valence-corrected chi connectivity index (χ1v) is 6.65. The molecule has 0 aliphatic rings. The second-order valence-corrected chi connectivity index (χ2v) is 4.70. The van der Waals surface area contributed by atoms with E-state index in [0.29, 0.717) is 5.89 Å². The first-order valence-electron chi connectivity index (χ1n) is 5.77. The molecule has 2 aromatic heterocycles. The standard InChI is InChI=1S/C13H10N2O3S/c1-2-17-13(16)11-14-12(18-15-11)9-7-19-10-6-4-3-5-8(9)10/h3-7H,2H2,1H3. The normalized spacial score (nSPS) is 10.8. The summed E-state index contributed by atoms with van der Waals surface area (Å²) >= 11 is 1.59. The Labute approximate surface area is 112 Å². The Morgan fingerprint density at radius 2 is 2.26 bits per heavy atom. The van der Waals surface area contributed by atoms with E-state index in [1.807, 2.05) is 29.6 Å². The van der Waals surface area contributed by atoms with Crippen molar-refractivity contribution in [3.63, 3.8) is 0 Å². The van der Waals surface area contributed by atoms with Crippen LogP contribution in [0.25, 0.3) is 21.5 Å². The van der Waals surface area contributed by atoms with E-state index in [2.05, 4.69) is 10.1 Å². The molecule has 0 unspecified atom stereocenters. The van der Waals surface area contributed by atoms with Gasteiger partial charge in [-0.3, -0.25) is 0 Å². The largest absolute Gasteiger partial charge is 0.460 e. The minimum absolute atomic E-state index is 0.0490. The highest BCUT2D eigenvalue weighted by Gasteiger charge is 2.18. The third kappa shape index (κ3) is 2.10. The fraction of sp³-hybridized carbons (Fsp3) is 0.154. The number of carbonyl (C=O) groups is 1. The number of fused-ring (bicyclic) bond motifs is 1. The lowest BCUT2D eigenvalue weighted by molar-refractivity contribution is 0.0508. The minimum Gasteiger partial charge on any atom is -0.460 e. The molecule has 3 rings (SSSR count). The zero-order chi connectivity index (χ0) is 13.2. The van der Waals surface area contributed by atoms with E-state index in [-0.39, 0.29) is 12.4 Å². The summed E-state index contributed by atoms with van der Waals surface area (Å²) < 4.78 is 11.1. The summed E-state index contributed by atoms with van der Waals surface area (Å²) in [6.07, 6.45) is 0. The molecule has 0 radical (unpaired) electrons. The SMILES string of the molecule is CCOC(=O)c1noc(-c2csc3ccccc23)n1. The topological polar surface area (TPSA) is 65.2 Å². The second kappa shape index (κ2) is 4.81. The van der Waals surface area contributed by atoms with Crippen LogP contribution in [0.15, 0.2) is 34.2 Å². The number of carbonyl (C=O) groups excluding carboxylic acids is 1. The summed E-state index contributed by atoms with van der Waals surface area (Å²) in [5.41, 5.74) is 0.837. The Morgan fingerprint density at radius 1 is 1.42 bits per heavy atom. The molecule has 96 valence electrons. The lowest BCUT2D eigenvalue weighted by atomic mass is 10.2. The average Bonchev–Trinajstić information content (AvgIpc) is 3.05. The van der Waals surface area contributed by atoms with E-state index < -0.39 is 5.97 Å². The number of rotatable bonds is 3. The summed E-state index contributed by atoms with van der Waals surface area (Å²) in [6.45, 7) is 2.01. The maximum absolute atomic E-state index is 11.5. The van der Waals surface area contributed by atoms with E-state index in [4.69, 9.17) is 9.26 Å². The summed E-state index contributed by atoms with van der Waals surface area (Å²) in [5.74, 6) is -0.287. The average molecular weight is 274 g/mol. The van der Waals surface area contributed by atoms with Gasteiger partial charge in [0.05, 0.1) is 12.2 Å². The van der Waals surface area contributed by atoms with Gasteiger partial charge >= 0.3 is 5.97 Å². The highest BCUT2D eigenvalue weighted by atomic mass is 32.1. The van der Waals surface area contributed by atoms with E-state index in [9.17, 15) is 4.79 Å². The molecule has 0 atom stereocenters. The maximum Gasteiger partial charge on any atom is 0.379 e. The molecule has 0 aliphatic heterocycles. The smallest absolute Gasteiger partial charge is 0.379 e. The van der Waals surface area contributed by atoms with Crippen LogP contribution in [0.3, 0.4) is 0 Å². The molecule has 0 aliphatic carbocycles. The molecular formula is C13H10N2O3S. The zero-order valence-corrected chi connectivity index (χ0v) is 10.9. The van der Waals surface area contributed by atoms with Crippen LogP contribution < -0.4 is 0 Å². The van der Waals surface area contributed by atoms with Crippen molar-refractivity contribution in [2.75, 3.05) is 6.61 Å². The van der Waals surface area contributed by atoms with Gasteiger partial charge in [0, 0.05) is 15.5 Å². The number of thiophene rings is 1. The summed E-state index contributed by atoms with van der Waals surface area (Å²) in [6, 6.07) is 7.92. The van der Waals surface area contributed by atoms with Crippen LogP contribution in [0.4, 0.5) is 0 Å². The molecule has 0 N–H and O–H groups in total. The van der Waals surface area contributed by atoms with Crippen molar-refractivity contribution >= 4 is 27.4 Å². The number of aromatic nitrogens is 2. The first-order chi connectivity index (χ1) is 9.29. The van der Waals surface area contributed by atoms with Crippen LogP contribution in [0.5, 0.6) is 0 Å². The number of esters is 1. The molecule has 0 saturated carbocycles. The number of hydrogen-bond acceptors (Lipinski definition) is 6. The van der Waals surface area contributed by atoms with Crippen LogP contribution in [0.1, 0.15) is 17.5 Å². The molecule has 1 aromatic carbocycles. The summed E-state index contributed by atoms with van der Waals surface area (Å²) in [4.78, 5) is 15.6. The fourth-order valence-electron chi connectivity index (χ4n) is 1.75. The lowest BCUT2D eigenvalue weighted by Gasteiger charge is -1.93. The van der Waals surface area contributed by atoms with Crippen molar-refractivity contribution < 1.29 is 14.1 Å². The van der Waals surface area contributed by atoms with Crippen molar-refractivity contribution in [3.05, 3.63) is 35.5 Å². The summed E-state index contributed by atoms with van der Waals surface area (Å²) in [7, 11) is 0. The molecule has 0 fully saturated rings. The van der Waals surface area contributed by atoms with Gasteiger partial charge in [-0.05, 0) is 18.1 Å². The summed E-state index contributed by atoms with van der Waals surface area (Å²) in [5, 5.41) is 6.61. The van der Waals surface area contributed by atoms with Crippen LogP contribution in [0, 0.1) is 0 Å². The lowest BCUT2D eigenvalue weighted by Crippen LogP contribution is -2.06. The molecular weight excluding hydrogens is 264 g/mol. The maximum atomic E-state index is 11.5. The Morgan fingerprint density at radius 3 is 3.11 bits per heavy atom. The van der Waals surface area contributed by atoms with Crippen molar-refractivity contribution in [1.82, 2.24) is 10.1 Å². The Kier molecular flexibility index (Phi) is 3.00. The third-order valence-corrected chi connectivity index (χ3v) is 3.56. The molecule has 3 aromatic rings. The van der Waals surface area contributed by atoms with Gasteiger partial charge in [0.25, 0.3) is 11.7 Å². The number of nitrogens with zero attached hydrogens (tertiary/aromatic N) is 2. The third-order valence-electron chi connectivity index (χ3n) is 2.60. The van der Waals surface area contributed by atoms with Crippen LogP contribution in [0.2, 0.25) is 0 Å². The Hall–Kier alpha value is -2.21. The number of hydrogen-bond donors (Lipinski definition) is 0. The van der Waals surface area contributed by atoms with Crippen molar-refractivity contribution in [1.29, 1.82) is 0 Å². The molecule has 19 heavy (non-hydrogen) atoms. The van der Waals surface area contributed by atoms with Gasteiger partial charge in [-0.25, -0.2) is 4.79 Å². The van der Waals surface area contributed by atoms with Crippen molar-refractivity contribution in [2.45, 2.75) is 6.92 Å². The molecule has 0 saturated heterocycles. The van der Waals surface area contributed by atoms with Gasteiger partial charge in [0.15, 0.2) is 0 Å². The van der Waals surface area contributed by atoms with Gasteiger partial charge in [0.2, 0.25) is 0 Å². The zero-order valence-electron chi connectivity index (χ0n) is 10.1. The quantitative estimate of drug-likeness (QED) is 0.686. The number of benzene rings is 1.